The third kappa shape index (κ3) is 2.15. The Labute approximate surface area is 88.6 Å². The van der Waals surface area contributed by atoms with Gasteiger partial charge < -0.3 is 10.0 Å². The molecule has 1 saturated heterocycles. The van der Waals surface area contributed by atoms with Gasteiger partial charge in [0.05, 0.1) is 11.7 Å². The number of aromatic nitrogens is 1. The van der Waals surface area contributed by atoms with Crippen LogP contribution in [0.3, 0.4) is 0 Å². The Morgan fingerprint density at radius 1 is 1.60 bits per heavy atom. The van der Waals surface area contributed by atoms with E-state index in [4.69, 9.17) is 0 Å². The van der Waals surface area contributed by atoms with Gasteiger partial charge in [-0.15, -0.1) is 0 Å². The van der Waals surface area contributed by atoms with Gasteiger partial charge in [-0.2, -0.15) is 0 Å². The fraction of sp³-hybridized carbons (Fsp3) is 0.455. The molecular weight excluding hydrogens is 192 g/mol. The number of likely N-dealkylation sites (tertiary alicyclic amines) is 1. The van der Waals surface area contributed by atoms with Crippen molar-refractivity contribution in [1.82, 2.24) is 9.88 Å². The second-order valence-corrected chi connectivity index (χ2v) is 3.88. The monoisotopic (exact) mass is 206 g/mol. The quantitative estimate of drug-likeness (QED) is 0.732. The highest BCUT2D eigenvalue weighted by Gasteiger charge is 2.25. The summed E-state index contributed by atoms with van der Waals surface area (Å²) in [5, 5.41) is 9.33. The summed E-state index contributed by atoms with van der Waals surface area (Å²) in [5.74, 6) is -0.0425. The zero-order valence-electron chi connectivity index (χ0n) is 8.68. The van der Waals surface area contributed by atoms with Crippen molar-refractivity contribution in [3.63, 3.8) is 0 Å². The zero-order chi connectivity index (χ0) is 10.8. The summed E-state index contributed by atoms with van der Waals surface area (Å²) >= 11 is 0. The SMILES string of the molecule is Cc1ccc(C(=O)N2CC[C@@H](O)C2)cn1. The third-order valence-corrected chi connectivity index (χ3v) is 2.61. The molecule has 0 spiro atoms. The molecule has 0 radical (unpaired) electrons. The number of carbonyl (C=O) groups is 1. The summed E-state index contributed by atoms with van der Waals surface area (Å²) in [7, 11) is 0. The summed E-state index contributed by atoms with van der Waals surface area (Å²) in [4.78, 5) is 17.6. The van der Waals surface area contributed by atoms with Crippen molar-refractivity contribution in [3.05, 3.63) is 29.6 Å². The molecule has 0 unspecified atom stereocenters. The van der Waals surface area contributed by atoms with Gasteiger partial charge in [-0.25, -0.2) is 0 Å². The van der Waals surface area contributed by atoms with Crippen LogP contribution < -0.4 is 0 Å². The standard InChI is InChI=1S/C11H14N2O2/c1-8-2-3-9(6-12-8)11(15)13-5-4-10(14)7-13/h2-3,6,10,14H,4-5,7H2,1H3/t10-/m1/s1. The molecule has 2 heterocycles. The van der Waals surface area contributed by atoms with Crippen LogP contribution in [0.2, 0.25) is 0 Å². The van der Waals surface area contributed by atoms with Gasteiger partial charge in [0.1, 0.15) is 0 Å². The minimum Gasteiger partial charge on any atom is -0.391 e. The molecule has 1 aliphatic heterocycles. The molecule has 0 bridgehead atoms. The van der Waals surface area contributed by atoms with E-state index < -0.39 is 0 Å². The van der Waals surface area contributed by atoms with Crippen molar-refractivity contribution in [2.75, 3.05) is 13.1 Å². The fourth-order valence-electron chi connectivity index (χ4n) is 1.70. The number of aliphatic hydroxyl groups excluding tert-OH is 1. The number of carbonyl (C=O) groups excluding carboxylic acids is 1. The lowest BCUT2D eigenvalue weighted by molar-refractivity contribution is 0.0764. The number of β-amino-alcohol motifs (C(OH)–C–C–N with tert-alkyl or cyclic N) is 1. The Morgan fingerprint density at radius 3 is 2.93 bits per heavy atom. The van der Waals surface area contributed by atoms with Crippen molar-refractivity contribution in [1.29, 1.82) is 0 Å². The van der Waals surface area contributed by atoms with Crippen LogP contribution >= 0.6 is 0 Å². The first-order chi connectivity index (χ1) is 7.16. The highest BCUT2D eigenvalue weighted by molar-refractivity contribution is 5.94. The fourth-order valence-corrected chi connectivity index (χ4v) is 1.70. The minimum atomic E-state index is -0.368. The van der Waals surface area contributed by atoms with Crippen LogP contribution in [-0.4, -0.2) is 40.1 Å². The van der Waals surface area contributed by atoms with Crippen molar-refractivity contribution in [3.8, 4) is 0 Å². The summed E-state index contributed by atoms with van der Waals surface area (Å²) < 4.78 is 0. The van der Waals surface area contributed by atoms with Crippen LogP contribution in [0.15, 0.2) is 18.3 Å². The first-order valence-corrected chi connectivity index (χ1v) is 5.07. The number of aliphatic hydroxyl groups is 1. The predicted molar refractivity (Wildman–Crippen MR) is 55.5 cm³/mol. The Balaban J connectivity index is 2.11. The summed E-state index contributed by atoms with van der Waals surface area (Å²) in [5.41, 5.74) is 1.49. The van der Waals surface area contributed by atoms with Crippen molar-refractivity contribution >= 4 is 5.91 Å². The van der Waals surface area contributed by atoms with E-state index in [2.05, 4.69) is 4.98 Å². The molecule has 15 heavy (non-hydrogen) atoms. The molecule has 2 rings (SSSR count). The summed E-state index contributed by atoms with van der Waals surface area (Å²) in [6, 6.07) is 3.59. The van der Waals surface area contributed by atoms with E-state index in [1.54, 1.807) is 17.2 Å². The lowest BCUT2D eigenvalue weighted by Gasteiger charge is -2.15. The molecule has 1 aromatic heterocycles. The van der Waals surface area contributed by atoms with E-state index in [0.29, 0.717) is 25.1 Å². The van der Waals surface area contributed by atoms with E-state index in [9.17, 15) is 9.90 Å². The second kappa shape index (κ2) is 3.98. The molecule has 4 nitrogen and oxygen atoms in total. The van der Waals surface area contributed by atoms with Crippen molar-refractivity contribution < 1.29 is 9.90 Å². The molecule has 1 N–H and O–H groups in total. The molecule has 1 aromatic rings. The zero-order valence-corrected chi connectivity index (χ0v) is 8.68. The van der Waals surface area contributed by atoms with E-state index >= 15 is 0 Å². The number of nitrogens with zero attached hydrogens (tertiary/aromatic N) is 2. The largest absolute Gasteiger partial charge is 0.391 e. The minimum absolute atomic E-state index is 0.0425. The topological polar surface area (TPSA) is 53.4 Å². The number of hydrogen-bond acceptors (Lipinski definition) is 3. The summed E-state index contributed by atoms with van der Waals surface area (Å²) in [6.07, 6.45) is 1.89. The van der Waals surface area contributed by atoms with Crippen molar-refractivity contribution in [2.24, 2.45) is 0 Å². The lowest BCUT2D eigenvalue weighted by Crippen LogP contribution is -2.29. The number of aryl methyl sites for hydroxylation is 1. The molecule has 1 atom stereocenters. The molecule has 0 aliphatic carbocycles. The second-order valence-electron chi connectivity index (χ2n) is 3.88. The molecule has 0 aromatic carbocycles. The Morgan fingerprint density at radius 2 is 2.40 bits per heavy atom. The highest BCUT2D eigenvalue weighted by Crippen LogP contribution is 2.12. The third-order valence-electron chi connectivity index (χ3n) is 2.61. The average Bonchev–Trinajstić information content (AvgIpc) is 2.65. The molecule has 1 fully saturated rings. The van der Waals surface area contributed by atoms with Gasteiger partial charge in [0.15, 0.2) is 0 Å². The van der Waals surface area contributed by atoms with Crippen LogP contribution in [-0.2, 0) is 0 Å². The number of pyridine rings is 1. The number of hydrogen-bond donors (Lipinski definition) is 1. The Bertz CT molecular complexity index is 361. The van der Waals surface area contributed by atoms with Gasteiger partial charge in [-0.05, 0) is 25.5 Å². The summed E-state index contributed by atoms with van der Waals surface area (Å²) in [6.45, 7) is 2.95. The molecule has 4 heteroatoms. The lowest BCUT2D eigenvalue weighted by atomic mass is 10.2. The van der Waals surface area contributed by atoms with Gasteiger partial charge in [-0.1, -0.05) is 0 Å². The number of amides is 1. The van der Waals surface area contributed by atoms with Crippen LogP contribution in [0.5, 0.6) is 0 Å². The Hall–Kier alpha value is -1.42. The van der Waals surface area contributed by atoms with Gasteiger partial charge in [0, 0.05) is 25.0 Å². The predicted octanol–water partition coefficient (Wildman–Crippen LogP) is 0.597. The van der Waals surface area contributed by atoms with Crippen LogP contribution in [0.1, 0.15) is 22.5 Å². The van der Waals surface area contributed by atoms with Crippen LogP contribution in [0, 0.1) is 6.92 Å². The van der Waals surface area contributed by atoms with E-state index in [1.165, 1.54) is 0 Å². The van der Waals surface area contributed by atoms with E-state index in [1.807, 2.05) is 13.0 Å². The van der Waals surface area contributed by atoms with Gasteiger partial charge in [0.25, 0.3) is 5.91 Å². The smallest absolute Gasteiger partial charge is 0.255 e. The first-order valence-electron chi connectivity index (χ1n) is 5.07. The molecular formula is C11H14N2O2. The normalized spacial score (nSPS) is 20.7. The van der Waals surface area contributed by atoms with Gasteiger partial charge in [0.2, 0.25) is 0 Å². The molecule has 1 aliphatic rings. The maximum Gasteiger partial charge on any atom is 0.255 e. The highest BCUT2D eigenvalue weighted by atomic mass is 16.3. The molecule has 0 saturated carbocycles. The van der Waals surface area contributed by atoms with Crippen LogP contribution in [0.4, 0.5) is 0 Å². The molecule has 80 valence electrons. The van der Waals surface area contributed by atoms with E-state index in [-0.39, 0.29) is 12.0 Å². The van der Waals surface area contributed by atoms with Crippen LogP contribution in [0.25, 0.3) is 0 Å². The van der Waals surface area contributed by atoms with Gasteiger partial charge >= 0.3 is 0 Å². The van der Waals surface area contributed by atoms with E-state index in [0.717, 1.165) is 5.69 Å². The number of rotatable bonds is 1. The maximum atomic E-state index is 11.9. The van der Waals surface area contributed by atoms with Crippen molar-refractivity contribution in [2.45, 2.75) is 19.4 Å². The first kappa shape index (κ1) is 10.1. The maximum absolute atomic E-state index is 11.9. The van der Waals surface area contributed by atoms with Gasteiger partial charge in [-0.3, -0.25) is 9.78 Å². The Kier molecular flexibility index (Phi) is 2.68. The molecule has 1 amide bonds. The average molecular weight is 206 g/mol.